The Bertz CT molecular complexity index is 1010. The van der Waals surface area contributed by atoms with Gasteiger partial charge in [0.15, 0.2) is 0 Å². The van der Waals surface area contributed by atoms with Crippen LogP contribution in [0.2, 0.25) is 0 Å². The van der Waals surface area contributed by atoms with E-state index in [1.807, 2.05) is 91.9 Å². The van der Waals surface area contributed by atoms with Gasteiger partial charge in [0.1, 0.15) is 6.04 Å². The molecular formula is C27H30N2O2S. The Morgan fingerprint density at radius 2 is 1.53 bits per heavy atom. The van der Waals surface area contributed by atoms with Gasteiger partial charge in [0.2, 0.25) is 11.8 Å². The molecule has 3 aromatic carbocycles. The lowest BCUT2D eigenvalue weighted by Crippen LogP contribution is -2.49. The fraction of sp³-hybridized carbons (Fsp3) is 0.259. The van der Waals surface area contributed by atoms with Crippen LogP contribution in [0.4, 0.5) is 0 Å². The standard InChI is InChI=1S/C27H30N2O2S/c1-21-11-9-10-14-23(21)20-29(26(30)17-18-32-24-15-7-4-8-16-24)25(27(31)28-2)19-22-12-5-3-6-13-22/h3-16,25H,17-20H2,1-2H3,(H,28,31). The highest BCUT2D eigenvalue weighted by Gasteiger charge is 2.29. The minimum atomic E-state index is -0.573. The van der Waals surface area contributed by atoms with E-state index < -0.39 is 6.04 Å². The zero-order valence-corrected chi connectivity index (χ0v) is 19.5. The molecule has 1 unspecified atom stereocenters. The molecule has 0 heterocycles. The summed E-state index contributed by atoms with van der Waals surface area (Å²) in [6.07, 6.45) is 0.845. The summed E-state index contributed by atoms with van der Waals surface area (Å²) in [6, 6.07) is 27.4. The molecule has 0 spiro atoms. The molecular weight excluding hydrogens is 416 g/mol. The van der Waals surface area contributed by atoms with Crippen LogP contribution in [0.3, 0.4) is 0 Å². The van der Waals surface area contributed by atoms with E-state index in [0.717, 1.165) is 21.6 Å². The van der Waals surface area contributed by atoms with E-state index in [0.29, 0.717) is 25.1 Å². The van der Waals surface area contributed by atoms with Crippen LogP contribution in [0.15, 0.2) is 89.8 Å². The summed E-state index contributed by atoms with van der Waals surface area (Å²) in [5.74, 6) is 0.506. The van der Waals surface area contributed by atoms with Crippen LogP contribution in [-0.4, -0.2) is 35.6 Å². The van der Waals surface area contributed by atoms with Crippen molar-refractivity contribution in [3.05, 3.63) is 102 Å². The van der Waals surface area contributed by atoms with Crippen LogP contribution in [0, 0.1) is 6.92 Å². The monoisotopic (exact) mass is 446 g/mol. The van der Waals surface area contributed by atoms with Gasteiger partial charge in [-0.25, -0.2) is 0 Å². The molecule has 5 heteroatoms. The molecule has 32 heavy (non-hydrogen) atoms. The third-order valence-corrected chi connectivity index (χ3v) is 6.46. The second kappa shape index (κ2) is 12.1. The van der Waals surface area contributed by atoms with E-state index >= 15 is 0 Å². The van der Waals surface area contributed by atoms with E-state index in [1.54, 1.807) is 23.7 Å². The minimum absolute atomic E-state index is 0.0128. The number of carbonyl (C=O) groups is 2. The number of benzene rings is 3. The number of likely N-dealkylation sites (N-methyl/N-ethyl adjacent to an activating group) is 1. The maximum absolute atomic E-state index is 13.4. The van der Waals surface area contributed by atoms with Crippen molar-refractivity contribution in [2.24, 2.45) is 0 Å². The minimum Gasteiger partial charge on any atom is -0.357 e. The molecule has 1 atom stereocenters. The van der Waals surface area contributed by atoms with Gasteiger partial charge in [-0.1, -0.05) is 72.8 Å². The average molecular weight is 447 g/mol. The van der Waals surface area contributed by atoms with Gasteiger partial charge in [-0.3, -0.25) is 9.59 Å². The van der Waals surface area contributed by atoms with Gasteiger partial charge in [-0.2, -0.15) is 0 Å². The van der Waals surface area contributed by atoms with E-state index in [1.165, 1.54) is 0 Å². The van der Waals surface area contributed by atoms with Crippen LogP contribution in [0.25, 0.3) is 0 Å². The van der Waals surface area contributed by atoms with Gasteiger partial charge in [0, 0.05) is 37.1 Å². The Balaban J connectivity index is 1.82. The van der Waals surface area contributed by atoms with Gasteiger partial charge in [-0.15, -0.1) is 11.8 Å². The lowest BCUT2D eigenvalue weighted by molar-refractivity contribution is -0.140. The summed E-state index contributed by atoms with van der Waals surface area (Å²) in [4.78, 5) is 29.2. The van der Waals surface area contributed by atoms with Crippen LogP contribution in [-0.2, 0) is 22.6 Å². The third-order valence-electron chi connectivity index (χ3n) is 5.45. The van der Waals surface area contributed by atoms with Crippen molar-refractivity contribution in [3.63, 3.8) is 0 Å². The molecule has 4 nitrogen and oxygen atoms in total. The highest BCUT2D eigenvalue weighted by atomic mass is 32.2. The third kappa shape index (κ3) is 6.72. The van der Waals surface area contributed by atoms with Crippen LogP contribution in [0.1, 0.15) is 23.1 Å². The first-order chi connectivity index (χ1) is 15.6. The molecule has 3 rings (SSSR count). The molecule has 0 saturated carbocycles. The number of amides is 2. The van der Waals surface area contributed by atoms with Crippen LogP contribution in [0.5, 0.6) is 0 Å². The topological polar surface area (TPSA) is 49.4 Å². The molecule has 0 aliphatic carbocycles. The number of thioether (sulfide) groups is 1. The summed E-state index contributed by atoms with van der Waals surface area (Å²) in [6.45, 7) is 2.45. The summed E-state index contributed by atoms with van der Waals surface area (Å²) < 4.78 is 0. The normalized spacial score (nSPS) is 11.6. The van der Waals surface area contributed by atoms with Crippen molar-refractivity contribution in [2.75, 3.05) is 12.8 Å². The largest absolute Gasteiger partial charge is 0.357 e. The highest BCUT2D eigenvalue weighted by Crippen LogP contribution is 2.21. The molecule has 0 aromatic heterocycles. The Hall–Kier alpha value is -3.05. The molecule has 1 N–H and O–H groups in total. The Morgan fingerprint density at radius 1 is 0.906 bits per heavy atom. The van der Waals surface area contributed by atoms with Crippen LogP contribution < -0.4 is 5.32 Å². The van der Waals surface area contributed by atoms with Gasteiger partial charge >= 0.3 is 0 Å². The molecule has 2 amide bonds. The number of hydrogen-bond acceptors (Lipinski definition) is 3. The lowest BCUT2D eigenvalue weighted by atomic mass is 10.0. The maximum atomic E-state index is 13.4. The van der Waals surface area contributed by atoms with Gasteiger partial charge in [0.05, 0.1) is 0 Å². The van der Waals surface area contributed by atoms with Crippen molar-refractivity contribution >= 4 is 23.6 Å². The van der Waals surface area contributed by atoms with Gasteiger partial charge in [-0.05, 0) is 35.7 Å². The SMILES string of the molecule is CNC(=O)C(Cc1ccccc1)N(Cc1ccccc1C)C(=O)CCSc1ccccc1. The predicted molar refractivity (Wildman–Crippen MR) is 132 cm³/mol. The number of rotatable bonds is 10. The fourth-order valence-electron chi connectivity index (χ4n) is 3.61. The van der Waals surface area contributed by atoms with Crippen molar-refractivity contribution in [2.45, 2.75) is 37.2 Å². The van der Waals surface area contributed by atoms with Crippen LogP contribution >= 0.6 is 11.8 Å². The highest BCUT2D eigenvalue weighted by molar-refractivity contribution is 7.99. The molecule has 0 fully saturated rings. The number of hydrogen-bond donors (Lipinski definition) is 1. The van der Waals surface area contributed by atoms with Crippen molar-refractivity contribution in [3.8, 4) is 0 Å². The van der Waals surface area contributed by atoms with E-state index in [9.17, 15) is 9.59 Å². The Morgan fingerprint density at radius 3 is 2.19 bits per heavy atom. The fourth-order valence-corrected chi connectivity index (χ4v) is 4.47. The zero-order valence-electron chi connectivity index (χ0n) is 18.7. The first-order valence-electron chi connectivity index (χ1n) is 10.9. The molecule has 0 aliphatic rings. The smallest absolute Gasteiger partial charge is 0.242 e. The molecule has 0 aliphatic heterocycles. The molecule has 166 valence electrons. The van der Waals surface area contributed by atoms with E-state index in [2.05, 4.69) is 5.32 Å². The van der Waals surface area contributed by atoms with Gasteiger partial charge in [0.25, 0.3) is 0 Å². The summed E-state index contributed by atoms with van der Waals surface area (Å²) >= 11 is 1.66. The van der Waals surface area contributed by atoms with Crippen molar-refractivity contribution in [1.29, 1.82) is 0 Å². The first-order valence-corrected chi connectivity index (χ1v) is 11.8. The molecule has 0 saturated heterocycles. The van der Waals surface area contributed by atoms with Gasteiger partial charge < -0.3 is 10.2 Å². The number of nitrogens with zero attached hydrogens (tertiary/aromatic N) is 1. The lowest BCUT2D eigenvalue weighted by Gasteiger charge is -2.31. The van der Waals surface area contributed by atoms with E-state index in [-0.39, 0.29) is 11.8 Å². The molecule has 0 radical (unpaired) electrons. The first kappa shape index (κ1) is 23.6. The Labute approximate surface area is 195 Å². The summed E-state index contributed by atoms with van der Waals surface area (Å²) in [5, 5.41) is 2.76. The second-order valence-electron chi connectivity index (χ2n) is 7.68. The quantitative estimate of drug-likeness (QED) is 0.452. The molecule has 0 bridgehead atoms. The number of nitrogens with one attached hydrogen (secondary N) is 1. The van der Waals surface area contributed by atoms with Crippen molar-refractivity contribution < 1.29 is 9.59 Å². The average Bonchev–Trinajstić information content (AvgIpc) is 2.83. The molecule has 3 aromatic rings. The summed E-state index contributed by atoms with van der Waals surface area (Å²) in [7, 11) is 1.63. The van der Waals surface area contributed by atoms with E-state index in [4.69, 9.17) is 0 Å². The summed E-state index contributed by atoms with van der Waals surface area (Å²) in [5.41, 5.74) is 3.19. The number of aryl methyl sites for hydroxylation is 1. The number of carbonyl (C=O) groups excluding carboxylic acids is 2. The predicted octanol–water partition coefficient (Wildman–Crippen LogP) is 4.86. The maximum Gasteiger partial charge on any atom is 0.242 e. The zero-order chi connectivity index (χ0) is 22.8. The second-order valence-corrected chi connectivity index (χ2v) is 8.85. The van der Waals surface area contributed by atoms with Crippen molar-refractivity contribution in [1.82, 2.24) is 10.2 Å². The Kier molecular flexibility index (Phi) is 8.93.